The summed E-state index contributed by atoms with van der Waals surface area (Å²) in [7, 11) is 0. The molecule has 164 valence electrons. The quantitative estimate of drug-likeness (QED) is 0.667. The van der Waals surface area contributed by atoms with Crippen LogP contribution in [0.15, 0.2) is 30.3 Å². The van der Waals surface area contributed by atoms with Gasteiger partial charge < -0.3 is 10.6 Å². The van der Waals surface area contributed by atoms with Crippen LogP contribution in [0.5, 0.6) is 0 Å². The number of amides is 4. The van der Waals surface area contributed by atoms with Crippen LogP contribution in [0.2, 0.25) is 0 Å². The first-order valence-corrected chi connectivity index (χ1v) is 11.1. The van der Waals surface area contributed by atoms with Crippen LogP contribution in [0.1, 0.15) is 71.3 Å². The van der Waals surface area contributed by atoms with Gasteiger partial charge in [0.05, 0.1) is 0 Å². The van der Waals surface area contributed by atoms with Crippen LogP contribution in [0.4, 0.5) is 4.79 Å². The molecule has 1 spiro atoms. The van der Waals surface area contributed by atoms with E-state index in [1.54, 1.807) is 0 Å². The Kier molecular flexibility index (Phi) is 6.53. The first-order valence-electron chi connectivity index (χ1n) is 11.1. The summed E-state index contributed by atoms with van der Waals surface area (Å²) in [4.78, 5) is 39.1. The van der Waals surface area contributed by atoms with E-state index in [2.05, 4.69) is 31.4 Å². The first kappa shape index (κ1) is 22.3. The van der Waals surface area contributed by atoms with E-state index in [9.17, 15) is 14.4 Å². The summed E-state index contributed by atoms with van der Waals surface area (Å²) in [5.74, 6) is 0.155. The van der Waals surface area contributed by atoms with Crippen molar-refractivity contribution in [1.82, 2.24) is 15.5 Å². The number of benzene rings is 1. The zero-order chi connectivity index (χ0) is 21.9. The maximum atomic E-state index is 13.1. The van der Waals surface area contributed by atoms with Gasteiger partial charge in [0.2, 0.25) is 5.91 Å². The third kappa shape index (κ3) is 4.52. The smallest absolute Gasteiger partial charge is 0.325 e. The Morgan fingerprint density at radius 2 is 1.87 bits per heavy atom. The predicted molar refractivity (Wildman–Crippen MR) is 117 cm³/mol. The van der Waals surface area contributed by atoms with Gasteiger partial charge in [-0.1, -0.05) is 64.4 Å². The number of urea groups is 1. The summed E-state index contributed by atoms with van der Waals surface area (Å²) < 4.78 is 0. The number of carbonyl (C=O) groups is 3. The maximum absolute atomic E-state index is 13.1. The van der Waals surface area contributed by atoms with Gasteiger partial charge in [0.15, 0.2) is 0 Å². The molecule has 2 fully saturated rings. The van der Waals surface area contributed by atoms with Crippen LogP contribution < -0.4 is 10.6 Å². The largest absolute Gasteiger partial charge is 0.354 e. The summed E-state index contributed by atoms with van der Waals surface area (Å²) >= 11 is 0. The molecule has 30 heavy (non-hydrogen) atoms. The van der Waals surface area contributed by atoms with Gasteiger partial charge in [0, 0.05) is 6.54 Å². The molecule has 1 heterocycles. The van der Waals surface area contributed by atoms with Gasteiger partial charge in [-0.05, 0) is 48.5 Å². The van der Waals surface area contributed by atoms with Gasteiger partial charge in [-0.2, -0.15) is 0 Å². The normalized spacial score (nSPS) is 25.3. The number of carbonyl (C=O) groups excluding carboxylic acids is 3. The minimum absolute atomic E-state index is 0.154. The Morgan fingerprint density at radius 3 is 2.47 bits per heavy atom. The minimum atomic E-state index is -0.824. The number of rotatable bonds is 7. The Labute approximate surface area is 179 Å². The highest BCUT2D eigenvalue weighted by atomic mass is 16.2. The lowest BCUT2D eigenvalue weighted by atomic mass is 9.65. The van der Waals surface area contributed by atoms with Gasteiger partial charge in [-0.15, -0.1) is 0 Å². The average molecular weight is 414 g/mol. The number of nitrogens with zero attached hydrogens (tertiary/aromatic N) is 1. The maximum Gasteiger partial charge on any atom is 0.325 e. The molecule has 1 aromatic carbocycles. The third-order valence-corrected chi connectivity index (χ3v) is 7.38. The fraction of sp³-hybridized carbons (Fsp3) is 0.625. The molecule has 1 saturated heterocycles. The van der Waals surface area contributed by atoms with Crippen molar-refractivity contribution in [3.63, 3.8) is 0 Å². The van der Waals surface area contributed by atoms with E-state index in [1.165, 1.54) is 0 Å². The average Bonchev–Trinajstić information content (AvgIpc) is 2.97. The van der Waals surface area contributed by atoms with Crippen LogP contribution in [-0.2, 0) is 9.59 Å². The van der Waals surface area contributed by atoms with Gasteiger partial charge in [0.1, 0.15) is 12.1 Å². The molecule has 1 atom stereocenters. The molecular weight excluding hydrogens is 378 g/mol. The number of imide groups is 1. The van der Waals surface area contributed by atoms with Crippen LogP contribution >= 0.6 is 0 Å². The molecule has 1 unspecified atom stereocenters. The van der Waals surface area contributed by atoms with Crippen LogP contribution in [0.3, 0.4) is 0 Å². The Hall–Kier alpha value is -2.37. The van der Waals surface area contributed by atoms with E-state index < -0.39 is 11.6 Å². The second-order valence-electron chi connectivity index (χ2n) is 9.64. The Morgan fingerprint density at radius 1 is 1.23 bits per heavy atom. The molecule has 0 radical (unpaired) electrons. The lowest BCUT2D eigenvalue weighted by molar-refractivity contribution is -0.136. The van der Waals surface area contributed by atoms with Gasteiger partial charge in [-0.25, -0.2) is 4.79 Å². The molecule has 0 bridgehead atoms. The van der Waals surface area contributed by atoms with Crippen LogP contribution in [0.25, 0.3) is 0 Å². The summed E-state index contributed by atoms with van der Waals surface area (Å²) in [5.41, 5.74) is 0.552. The van der Waals surface area contributed by atoms with E-state index >= 15 is 0 Å². The van der Waals surface area contributed by atoms with Gasteiger partial charge in [0.25, 0.3) is 5.91 Å². The summed E-state index contributed by atoms with van der Waals surface area (Å²) in [5, 5.41) is 5.77. The van der Waals surface area contributed by atoms with Crippen molar-refractivity contribution < 1.29 is 14.4 Å². The van der Waals surface area contributed by atoms with Crippen molar-refractivity contribution in [2.45, 2.75) is 71.3 Å². The molecule has 2 N–H and O–H groups in total. The van der Waals surface area contributed by atoms with Crippen molar-refractivity contribution in [3.05, 3.63) is 35.9 Å². The topological polar surface area (TPSA) is 78.5 Å². The van der Waals surface area contributed by atoms with E-state index in [0.29, 0.717) is 25.3 Å². The van der Waals surface area contributed by atoms with E-state index in [-0.39, 0.29) is 29.7 Å². The SMILES string of the molecule is CCC(C)(C)C1CCC2(CC1)NC(=O)N(CC(=O)NCC(C)c1ccccc1)C2=O. The van der Waals surface area contributed by atoms with E-state index in [1.807, 2.05) is 37.3 Å². The first-order chi connectivity index (χ1) is 14.2. The second-order valence-corrected chi connectivity index (χ2v) is 9.64. The second kappa shape index (κ2) is 8.78. The standard InChI is InChI=1S/C24H35N3O3/c1-5-23(3,4)19-11-13-24(14-12-19)21(29)27(22(30)26-24)16-20(28)25-15-17(2)18-9-7-6-8-10-18/h6-10,17,19H,5,11-16H2,1-4H3,(H,25,28)(H,26,30). The Bertz CT molecular complexity index is 782. The van der Waals surface area contributed by atoms with Crippen molar-refractivity contribution in [1.29, 1.82) is 0 Å². The molecule has 6 nitrogen and oxygen atoms in total. The fourth-order valence-electron chi connectivity index (χ4n) is 4.71. The predicted octanol–water partition coefficient (Wildman–Crippen LogP) is 3.82. The molecule has 2 aliphatic rings. The molecule has 1 aromatic rings. The third-order valence-electron chi connectivity index (χ3n) is 7.38. The van der Waals surface area contributed by atoms with Crippen molar-refractivity contribution >= 4 is 17.8 Å². The minimum Gasteiger partial charge on any atom is -0.354 e. The highest BCUT2D eigenvalue weighted by Crippen LogP contribution is 2.45. The lowest BCUT2D eigenvalue weighted by Gasteiger charge is -2.42. The summed E-state index contributed by atoms with van der Waals surface area (Å²) in [6.45, 7) is 9.03. The highest BCUT2D eigenvalue weighted by molar-refractivity contribution is 6.09. The molecule has 1 saturated carbocycles. The van der Waals surface area contributed by atoms with Gasteiger partial charge in [-0.3, -0.25) is 14.5 Å². The zero-order valence-electron chi connectivity index (χ0n) is 18.7. The molecule has 3 rings (SSSR count). The number of nitrogens with one attached hydrogen (secondary N) is 2. The zero-order valence-corrected chi connectivity index (χ0v) is 18.7. The fourth-order valence-corrected chi connectivity index (χ4v) is 4.71. The monoisotopic (exact) mass is 413 g/mol. The highest BCUT2D eigenvalue weighted by Gasteiger charge is 2.53. The molecule has 6 heteroatoms. The molecular formula is C24H35N3O3. The Balaban J connectivity index is 1.54. The molecule has 0 aromatic heterocycles. The number of hydrogen-bond donors (Lipinski definition) is 2. The van der Waals surface area contributed by atoms with E-state index in [4.69, 9.17) is 0 Å². The summed E-state index contributed by atoms with van der Waals surface area (Å²) in [6.07, 6.45) is 4.23. The molecule has 4 amide bonds. The van der Waals surface area contributed by atoms with Gasteiger partial charge >= 0.3 is 6.03 Å². The van der Waals surface area contributed by atoms with Crippen molar-refractivity contribution in [2.24, 2.45) is 11.3 Å². The van der Waals surface area contributed by atoms with Crippen molar-refractivity contribution in [3.8, 4) is 0 Å². The summed E-state index contributed by atoms with van der Waals surface area (Å²) in [6, 6.07) is 9.49. The van der Waals surface area contributed by atoms with E-state index in [0.717, 1.165) is 29.7 Å². The molecule has 1 aliphatic carbocycles. The van der Waals surface area contributed by atoms with Crippen LogP contribution in [0, 0.1) is 11.3 Å². The lowest BCUT2D eigenvalue weighted by Crippen LogP contribution is -2.51. The molecule has 1 aliphatic heterocycles. The van der Waals surface area contributed by atoms with Crippen LogP contribution in [-0.4, -0.2) is 41.4 Å². The number of hydrogen-bond acceptors (Lipinski definition) is 3. The van der Waals surface area contributed by atoms with Crippen molar-refractivity contribution in [2.75, 3.05) is 13.1 Å².